The summed E-state index contributed by atoms with van der Waals surface area (Å²) in [4.78, 5) is 13.4. The minimum atomic E-state index is -3.99. The molecular formula is C26H20Cl2N2O3S. The second kappa shape index (κ2) is 10.3. The van der Waals surface area contributed by atoms with Crippen LogP contribution in [0.2, 0.25) is 10.0 Å². The highest BCUT2D eigenvalue weighted by Crippen LogP contribution is 2.32. The van der Waals surface area contributed by atoms with E-state index in [1.807, 2.05) is 30.3 Å². The highest BCUT2D eigenvalue weighted by atomic mass is 35.5. The molecule has 172 valence electrons. The largest absolute Gasteiger partial charge is 0.321 e. The number of nitrogens with zero attached hydrogens (tertiary/aromatic N) is 1. The number of anilines is 2. The first-order chi connectivity index (χ1) is 16.4. The zero-order valence-electron chi connectivity index (χ0n) is 17.9. The molecule has 0 aliphatic rings. The molecule has 0 aliphatic carbocycles. The fraction of sp³-hybridized carbons (Fsp3) is 0.0385. The summed E-state index contributed by atoms with van der Waals surface area (Å²) in [5.41, 5.74) is 1.52. The van der Waals surface area contributed by atoms with E-state index < -0.39 is 15.9 Å². The molecule has 8 heteroatoms. The zero-order chi connectivity index (χ0) is 24.1. The van der Waals surface area contributed by atoms with Crippen LogP contribution in [0.5, 0.6) is 0 Å². The molecule has 0 unspecified atom stereocenters. The van der Waals surface area contributed by atoms with Crippen LogP contribution in [0.1, 0.15) is 15.9 Å². The average Bonchev–Trinajstić information content (AvgIpc) is 2.86. The average molecular weight is 511 g/mol. The second-order valence-corrected chi connectivity index (χ2v) is 10.0. The van der Waals surface area contributed by atoms with Gasteiger partial charge in [0.1, 0.15) is 0 Å². The van der Waals surface area contributed by atoms with Crippen molar-refractivity contribution >= 4 is 50.5 Å². The lowest BCUT2D eigenvalue weighted by Gasteiger charge is -2.26. The van der Waals surface area contributed by atoms with Gasteiger partial charge in [0.25, 0.3) is 15.9 Å². The monoisotopic (exact) mass is 510 g/mol. The molecule has 0 saturated heterocycles. The number of para-hydroxylation sites is 1. The van der Waals surface area contributed by atoms with Crippen LogP contribution in [0, 0.1) is 0 Å². The standard InChI is InChI=1S/C26H20Cl2N2O3S/c27-22-15-9-16-23(25(22)28)29-26(31)21-14-7-8-17-24(21)30(18-19-10-3-1-4-11-19)34(32,33)20-12-5-2-6-13-20/h1-17H,18H2,(H,29,31). The van der Waals surface area contributed by atoms with E-state index in [1.165, 1.54) is 16.4 Å². The minimum Gasteiger partial charge on any atom is -0.321 e. The van der Waals surface area contributed by atoms with E-state index >= 15 is 0 Å². The third kappa shape index (κ3) is 5.09. The molecule has 4 rings (SSSR count). The molecule has 0 saturated carbocycles. The SMILES string of the molecule is O=C(Nc1cccc(Cl)c1Cl)c1ccccc1N(Cc1ccccc1)S(=O)(=O)c1ccccc1. The van der Waals surface area contributed by atoms with Crippen LogP contribution in [-0.4, -0.2) is 14.3 Å². The molecule has 0 fully saturated rings. The minimum absolute atomic E-state index is 0.0419. The Kier molecular flexibility index (Phi) is 7.22. The lowest BCUT2D eigenvalue weighted by atomic mass is 10.1. The van der Waals surface area contributed by atoms with Crippen molar-refractivity contribution < 1.29 is 13.2 Å². The molecule has 0 heterocycles. The summed E-state index contributed by atoms with van der Waals surface area (Å²) >= 11 is 12.3. The topological polar surface area (TPSA) is 66.5 Å². The molecule has 0 atom stereocenters. The maximum Gasteiger partial charge on any atom is 0.264 e. The molecule has 5 nitrogen and oxygen atoms in total. The smallest absolute Gasteiger partial charge is 0.264 e. The van der Waals surface area contributed by atoms with Gasteiger partial charge in [-0.3, -0.25) is 9.10 Å². The Labute approximate surface area is 208 Å². The van der Waals surface area contributed by atoms with Crippen LogP contribution >= 0.6 is 23.2 Å². The van der Waals surface area contributed by atoms with E-state index in [2.05, 4.69) is 5.32 Å². The van der Waals surface area contributed by atoms with Gasteiger partial charge in [0.15, 0.2) is 0 Å². The summed E-state index contributed by atoms with van der Waals surface area (Å²) in [6.45, 7) is 0.0419. The Morgan fingerprint density at radius 1 is 0.765 bits per heavy atom. The third-order valence-corrected chi connectivity index (χ3v) is 7.71. The number of benzene rings is 4. The quantitative estimate of drug-likeness (QED) is 0.303. The zero-order valence-corrected chi connectivity index (χ0v) is 20.2. The number of hydrogen-bond acceptors (Lipinski definition) is 3. The number of carbonyl (C=O) groups excluding carboxylic acids is 1. The van der Waals surface area contributed by atoms with E-state index in [0.717, 1.165) is 5.56 Å². The molecule has 0 bridgehead atoms. The van der Waals surface area contributed by atoms with E-state index in [1.54, 1.807) is 60.7 Å². The maximum atomic E-state index is 13.7. The normalized spacial score (nSPS) is 11.1. The van der Waals surface area contributed by atoms with E-state index in [-0.39, 0.29) is 27.7 Å². The summed E-state index contributed by atoms with van der Waals surface area (Å²) in [7, 11) is -3.99. The Balaban J connectivity index is 1.79. The van der Waals surface area contributed by atoms with Gasteiger partial charge in [0.05, 0.1) is 38.4 Å². The van der Waals surface area contributed by atoms with Gasteiger partial charge in [-0.05, 0) is 42.0 Å². The molecule has 0 aliphatic heterocycles. The van der Waals surface area contributed by atoms with E-state index in [4.69, 9.17) is 23.2 Å². The molecule has 1 amide bonds. The van der Waals surface area contributed by atoms with E-state index in [9.17, 15) is 13.2 Å². The van der Waals surface area contributed by atoms with E-state index in [0.29, 0.717) is 10.7 Å². The number of sulfonamides is 1. The van der Waals surface area contributed by atoms with Crippen molar-refractivity contribution in [3.8, 4) is 0 Å². The van der Waals surface area contributed by atoms with Gasteiger partial charge in [0, 0.05) is 0 Å². The van der Waals surface area contributed by atoms with Crippen LogP contribution in [-0.2, 0) is 16.6 Å². The van der Waals surface area contributed by atoms with Gasteiger partial charge in [-0.15, -0.1) is 0 Å². The molecule has 0 spiro atoms. The number of hydrogen-bond donors (Lipinski definition) is 1. The molecule has 0 aromatic heterocycles. The first kappa shape index (κ1) is 23.8. The number of rotatable bonds is 7. The number of nitrogens with one attached hydrogen (secondary N) is 1. The van der Waals surface area contributed by atoms with Gasteiger partial charge >= 0.3 is 0 Å². The Hall–Kier alpha value is -3.32. The van der Waals surface area contributed by atoms with Crippen molar-refractivity contribution in [3.05, 3.63) is 124 Å². The number of halogens is 2. The first-order valence-electron chi connectivity index (χ1n) is 10.3. The molecule has 1 N–H and O–H groups in total. The van der Waals surface area contributed by atoms with Crippen molar-refractivity contribution in [1.82, 2.24) is 0 Å². The van der Waals surface area contributed by atoms with Crippen molar-refractivity contribution in [1.29, 1.82) is 0 Å². The number of carbonyl (C=O) groups is 1. The van der Waals surface area contributed by atoms with Gasteiger partial charge in [-0.2, -0.15) is 0 Å². The summed E-state index contributed by atoms with van der Waals surface area (Å²) < 4.78 is 28.7. The predicted molar refractivity (Wildman–Crippen MR) is 137 cm³/mol. The van der Waals surface area contributed by atoms with Crippen molar-refractivity contribution in [2.45, 2.75) is 11.4 Å². The van der Waals surface area contributed by atoms with Gasteiger partial charge in [-0.1, -0.05) is 89.9 Å². The van der Waals surface area contributed by atoms with Crippen LogP contribution < -0.4 is 9.62 Å². The van der Waals surface area contributed by atoms with Crippen molar-refractivity contribution in [3.63, 3.8) is 0 Å². The van der Waals surface area contributed by atoms with Crippen LogP contribution in [0.3, 0.4) is 0 Å². The van der Waals surface area contributed by atoms with Gasteiger partial charge in [0.2, 0.25) is 0 Å². The fourth-order valence-electron chi connectivity index (χ4n) is 3.44. The molecule has 34 heavy (non-hydrogen) atoms. The third-order valence-electron chi connectivity index (χ3n) is 5.12. The van der Waals surface area contributed by atoms with Crippen molar-refractivity contribution in [2.24, 2.45) is 0 Å². The Morgan fingerprint density at radius 2 is 1.38 bits per heavy atom. The lowest BCUT2D eigenvalue weighted by molar-refractivity contribution is 0.102. The highest BCUT2D eigenvalue weighted by molar-refractivity contribution is 7.92. The lowest BCUT2D eigenvalue weighted by Crippen LogP contribution is -2.32. The first-order valence-corrected chi connectivity index (χ1v) is 12.5. The summed E-state index contributed by atoms with van der Waals surface area (Å²) in [5.74, 6) is -0.513. The fourth-order valence-corrected chi connectivity index (χ4v) is 5.28. The molecule has 4 aromatic rings. The predicted octanol–water partition coefficient (Wildman–Crippen LogP) is 6.64. The van der Waals surface area contributed by atoms with Crippen LogP contribution in [0.4, 0.5) is 11.4 Å². The second-order valence-electron chi connectivity index (χ2n) is 7.38. The summed E-state index contributed by atoms with van der Waals surface area (Å²) in [5, 5.41) is 3.24. The van der Waals surface area contributed by atoms with Crippen LogP contribution in [0.25, 0.3) is 0 Å². The highest BCUT2D eigenvalue weighted by Gasteiger charge is 2.28. The molecule has 4 aromatic carbocycles. The Bertz CT molecular complexity index is 1410. The molecular weight excluding hydrogens is 491 g/mol. The summed E-state index contributed by atoms with van der Waals surface area (Å²) in [6, 6.07) is 28.8. The van der Waals surface area contributed by atoms with Gasteiger partial charge in [-0.25, -0.2) is 8.42 Å². The number of amides is 1. The maximum absolute atomic E-state index is 13.7. The Morgan fingerprint density at radius 3 is 2.09 bits per heavy atom. The summed E-state index contributed by atoms with van der Waals surface area (Å²) in [6.07, 6.45) is 0. The van der Waals surface area contributed by atoms with Gasteiger partial charge < -0.3 is 5.32 Å². The van der Waals surface area contributed by atoms with Crippen molar-refractivity contribution in [2.75, 3.05) is 9.62 Å². The molecule has 0 radical (unpaired) electrons. The van der Waals surface area contributed by atoms with Crippen LogP contribution in [0.15, 0.2) is 108 Å².